The molecule has 6 aromatic carbocycles. The number of aromatic hydroxyl groups is 4. The second kappa shape index (κ2) is 12.2. The van der Waals surface area contributed by atoms with Crippen LogP contribution in [0.2, 0.25) is 0 Å². The number of phenols is 4. The van der Waals surface area contributed by atoms with E-state index in [2.05, 4.69) is 22.4 Å². The van der Waals surface area contributed by atoms with Gasteiger partial charge in [-0.1, -0.05) is 12.1 Å². The molecule has 4 heterocycles. The van der Waals surface area contributed by atoms with Crippen molar-refractivity contribution >= 4 is 41.0 Å². The molecule has 56 heavy (non-hydrogen) atoms. The third-order valence-electron chi connectivity index (χ3n) is 9.95. The monoisotopic (exact) mass is 765 g/mol. The van der Waals surface area contributed by atoms with Gasteiger partial charge in [0.05, 0.1) is 27.5 Å². The number of aliphatic imine (C=N–C) groups is 1. The molecule has 4 aliphatic rings. The largest absolute Gasteiger partial charge is 0.508 e. The molecule has 14 heteroatoms. The SMILES string of the molecule is O=C(O)c1ccc2c(c1)C(=O)OC21c2ccc(O)cc2Oc2cc(O)ccc21.O=C1OC2(c3ccc(O)cc3Oc3cc(O)ccc32)c2ccc(N=C=S)cc21. The van der Waals surface area contributed by atoms with E-state index < -0.39 is 29.1 Å². The van der Waals surface area contributed by atoms with Crippen molar-refractivity contribution in [2.24, 2.45) is 4.99 Å². The number of benzene rings is 6. The number of carbonyl (C=O) groups excluding carboxylic acids is 2. The Hall–Kier alpha value is -7.67. The summed E-state index contributed by atoms with van der Waals surface area (Å²) in [5.74, 6) is -1.21. The number of aromatic carboxylic acids is 1. The maximum absolute atomic E-state index is 12.8. The number of carboxylic acid groups (broad SMARTS) is 1. The minimum absolute atomic E-state index is 0.00715. The minimum atomic E-state index is -1.38. The van der Waals surface area contributed by atoms with E-state index in [-0.39, 0.29) is 45.6 Å². The summed E-state index contributed by atoms with van der Waals surface area (Å²) in [5, 5.41) is 51.1. The van der Waals surface area contributed by atoms with E-state index in [1.165, 1.54) is 60.7 Å². The highest BCUT2D eigenvalue weighted by atomic mass is 32.1. The molecule has 2 spiro atoms. The van der Waals surface area contributed by atoms with E-state index in [1.54, 1.807) is 48.5 Å². The first-order valence-corrected chi connectivity index (χ1v) is 17.1. The first-order valence-electron chi connectivity index (χ1n) is 16.7. The molecule has 6 aromatic rings. The van der Waals surface area contributed by atoms with E-state index in [4.69, 9.17) is 18.9 Å². The van der Waals surface area contributed by atoms with Crippen LogP contribution >= 0.6 is 12.2 Å². The van der Waals surface area contributed by atoms with Crippen molar-refractivity contribution in [3.63, 3.8) is 0 Å². The fourth-order valence-corrected chi connectivity index (χ4v) is 7.76. The van der Waals surface area contributed by atoms with Gasteiger partial charge in [0.2, 0.25) is 0 Å². The van der Waals surface area contributed by atoms with Crippen molar-refractivity contribution in [2.75, 3.05) is 0 Å². The number of fused-ring (bicyclic) bond motifs is 12. The number of ether oxygens (including phenoxy) is 4. The van der Waals surface area contributed by atoms with Crippen LogP contribution in [-0.4, -0.2) is 48.6 Å². The maximum Gasteiger partial charge on any atom is 0.340 e. The van der Waals surface area contributed by atoms with Gasteiger partial charge in [0.25, 0.3) is 0 Å². The molecule has 0 saturated heterocycles. The second-order valence-corrected chi connectivity index (χ2v) is 13.2. The van der Waals surface area contributed by atoms with Gasteiger partial charge in [0, 0.05) is 57.6 Å². The third kappa shape index (κ3) is 4.90. The van der Waals surface area contributed by atoms with Crippen molar-refractivity contribution in [3.8, 4) is 46.0 Å². The standard InChI is InChI=1S/C21H11NO5S.C21H12O7/c23-12-2-5-16-18(8-12)26-19-9-13(24)3-6-17(19)21(16)15-4-1-11(22-10-28)7-14(15)20(25)27-21;22-11-2-5-15-17(8-11)27-18-9-12(23)3-6-16(18)21(15)14-4-1-10(19(24)25)7-13(14)20(26)28-21/h1-9,23-24H;1-9,22-23H,(H,24,25). The molecule has 0 radical (unpaired) electrons. The number of rotatable bonds is 2. The number of nitrogens with zero attached hydrogens (tertiary/aromatic N) is 1. The summed E-state index contributed by atoms with van der Waals surface area (Å²) >= 11 is 4.64. The van der Waals surface area contributed by atoms with Gasteiger partial charge in [0.1, 0.15) is 46.0 Å². The average molecular weight is 766 g/mol. The number of hydrogen-bond donors (Lipinski definition) is 5. The minimum Gasteiger partial charge on any atom is -0.508 e. The fraction of sp³-hybridized carbons (Fsp3) is 0.0476. The predicted molar refractivity (Wildman–Crippen MR) is 198 cm³/mol. The summed E-state index contributed by atoms with van der Waals surface area (Å²) in [5.41, 5.74) is 1.49. The van der Waals surface area contributed by atoms with Crippen LogP contribution in [0, 0.1) is 0 Å². The molecule has 274 valence electrons. The number of hydrogen-bond acceptors (Lipinski definition) is 13. The lowest BCUT2D eigenvalue weighted by Gasteiger charge is -2.36. The van der Waals surface area contributed by atoms with Crippen LogP contribution in [0.3, 0.4) is 0 Å². The number of isothiocyanates is 1. The van der Waals surface area contributed by atoms with Gasteiger partial charge < -0.3 is 44.5 Å². The molecule has 5 N–H and O–H groups in total. The lowest BCUT2D eigenvalue weighted by atomic mass is 9.77. The molecule has 0 aromatic heterocycles. The molecule has 4 aliphatic heterocycles. The van der Waals surface area contributed by atoms with Crippen LogP contribution in [-0.2, 0) is 20.7 Å². The summed E-state index contributed by atoms with van der Waals surface area (Å²) in [6.07, 6.45) is 0. The van der Waals surface area contributed by atoms with Crippen molar-refractivity contribution in [3.05, 3.63) is 159 Å². The molecule has 0 aliphatic carbocycles. The quantitative estimate of drug-likeness (QED) is 0.0651. The fourth-order valence-electron chi connectivity index (χ4n) is 7.65. The topological polar surface area (TPSA) is 202 Å². The highest BCUT2D eigenvalue weighted by molar-refractivity contribution is 7.78. The Morgan fingerprint density at radius 3 is 1.30 bits per heavy atom. The highest BCUT2D eigenvalue weighted by Crippen LogP contribution is 2.58. The summed E-state index contributed by atoms with van der Waals surface area (Å²) in [6, 6.07) is 27.4. The third-order valence-corrected chi connectivity index (χ3v) is 10.0. The molecular weight excluding hydrogens is 743 g/mol. The van der Waals surface area contributed by atoms with E-state index in [9.17, 15) is 39.9 Å². The summed E-state index contributed by atoms with van der Waals surface area (Å²) < 4.78 is 23.5. The normalized spacial score (nSPS) is 15.1. The highest BCUT2D eigenvalue weighted by Gasteiger charge is 2.55. The Kier molecular flexibility index (Phi) is 7.42. The molecule has 0 amide bonds. The zero-order chi connectivity index (χ0) is 39.1. The lowest BCUT2D eigenvalue weighted by molar-refractivity contribution is 0.0214. The summed E-state index contributed by atoms with van der Waals surface area (Å²) in [7, 11) is 0. The zero-order valence-corrected chi connectivity index (χ0v) is 29.2. The van der Waals surface area contributed by atoms with Crippen molar-refractivity contribution in [2.45, 2.75) is 11.2 Å². The molecule has 10 rings (SSSR count). The van der Waals surface area contributed by atoms with Crippen molar-refractivity contribution in [1.29, 1.82) is 0 Å². The number of carbonyl (C=O) groups is 3. The van der Waals surface area contributed by atoms with E-state index in [0.717, 1.165) is 0 Å². The Morgan fingerprint density at radius 2 is 0.911 bits per heavy atom. The Balaban J connectivity index is 0.000000146. The Labute approximate surface area is 320 Å². The molecule has 0 fully saturated rings. The molecule has 0 saturated carbocycles. The zero-order valence-electron chi connectivity index (χ0n) is 28.3. The van der Waals surface area contributed by atoms with E-state index >= 15 is 0 Å². The van der Waals surface area contributed by atoms with Crippen LogP contribution in [0.5, 0.6) is 46.0 Å². The van der Waals surface area contributed by atoms with Gasteiger partial charge in [0.15, 0.2) is 11.2 Å². The van der Waals surface area contributed by atoms with Crippen LogP contribution in [0.15, 0.2) is 114 Å². The van der Waals surface area contributed by atoms with Crippen LogP contribution < -0.4 is 9.47 Å². The van der Waals surface area contributed by atoms with Gasteiger partial charge in [-0.15, -0.1) is 0 Å². The van der Waals surface area contributed by atoms with Gasteiger partial charge in [-0.05, 0) is 85.0 Å². The van der Waals surface area contributed by atoms with Crippen molar-refractivity contribution in [1.82, 2.24) is 0 Å². The lowest BCUT2D eigenvalue weighted by Crippen LogP contribution is -2.32. The summed E-state index contributed by atoms with van der Waals surface area (Å²) in [6.45, 7) is 0. The predicted octanol–water partition coefficient (Wildman–Crippen LogP) is 7.76. The Bertz CT molecular complexity index is 2530. The number of phenolic OH excluding ortho intramolecular Hbond substituents is 4. The number of thiocarbonyl (C=S) groups is 1. The van der Waals surface area contributed by atoms with E-state index in [1.807, 2.05) is 0 Å². The van der Waals surface area contributed by atoms with E-state index in [0.29, 0.717) is 56.1 Å². The van der Waals surface area contributed by atoms with Crippen LogP contribution in [0.4, 0.5) is 5.69 Å². The first kappa shape index (κ1) is 34.1. The molecule has 0 atom stereocenters. The molecule has 13 nitrogen and oxygen atoms in total. The number of esters is 2. The first-order chi connectivity index (χ1) is 26.9. The molecular formula is C42H23NO12S. The Morgan fingerprint density at radius 1 is 0.536 bits per heavy atom. The van der Waals surface area contributed by atoms with Gasteiger partial charge >= 0.3 is 17.9 Å². The van der Waals surface area contributed by atoms with Gasteiger partial charge in [-0.2, -0.15) is 4.99 Å². The van der Waals surface area contributed by atoms with Crippen LogP contribution in [0.25, 0.3) is 0 Å². The van der Waals surface area contributed by atoms with Gasteiger partial charge in [-0.3, -0.25) is 0 Å². The number of carboxylic acids is 1. The summed E-state index contributed by atoms with van der Waals surface area (Å²) in [4.78, 5) is 40.8. The molecule has 0 bridgehead atoms. The maximum atomic E-state index is 12.8. The van der Waals surface area contributed by atoms with Gasteiger partial charge in [-0.25, -0.2) is 14.4 Å². The average Bonchev–Trinajstić information content (AvgIpc) is 3.61. The molecule has 0 unspecified atom stereocenters. The van der Waals surface area contributed by atoms with Crippen LogP contribution in [0.1, 0.15) is 64.5 Å². The van der Waals surface area contributed by atoms with Crippen molar-refractivity contribution < 1.29 is 58.9 Å². The smallest absolute Gasteiger partial charge is 0.340 e. The second-order valence-electron chi connectivity index (χ2n) is 13.1.